The summed E-state index contributed by atoms with van der Waals surface area (Å²) >= 11 is 1.56. The van der Waals surface area contributed by atoms with Crippen LogP contribution in [0.1, 0.15) is 10.6 Å². The monoisotopic (exact) mass is 372 g/mol. The molecule has 3 aromatic rings. The van der Waals surface area contributed by atoms with Crippen LogP contribution in [0.2, 0.25) is 0 Å². The molecule has 0 unspecified atom stereocenters. The van der Waals surface area contributed by atoms with Gasteiger partial charge in [-0.15, -0.1) is 11.3 Å². The molecule has 0 aliphatic carbocycles. The van der Waals surface area contributed by atoms with E-state index in [9.17, 15) is 14.9 Å². The Kier molecular flexibility index (Phi) is 5.65. The van der Waals surface area contributed by atoms with Crippen molar-refractivity contribution >= 4 is 22.9 Å². The summed E-state index contributed by atoms with van der Waals surface area (Å²) in [6.45, 7) is 0.546. The van der Waals surface area contributed by atoms with Gasteiger partial charge in [-0.2, -0.15) is 0 Å². The van der Waals surface area contributed by atoms with E-state index >= 15 is 0 Å². The van der Waals surface area contributed by atoms with Gasteiger partial charge in [0, 0.05) is 10.9 Å². The number of nitrogens with zero attached hydrogens (tertiary/aromatic N) is 2. The van der Waals surface area contributed by atoms with Gasteiger partial charge in [-0.05, 0) is 29.6 Å². The minimum absolute atomic E-state index is 0.0824. The van der Waals surface area contributed by atoms with Crippen LogP contribution in [-0.4, -0.2) is 22.3 Å². The second-order valence-electron chi connectivity index (χ2n) is 5.45. The maximum atomic E-state index is 12.6. The molecule has 0 radical (unpaired) electrons. The molecule has 0 N–H and O–H groups in total. The predicted octanol–water partition coefficient (Wildman–Crippen LogP) is 3.86. The Morgan fingerprint density at radius 3 is 2.77 bits per heavy atom. The number of hydrogen-bond acceptors (Lipinski definition) is 6. The Morgan fingerprint density at radius 1 is 1.19 bits per heavy atom. The zero-order valence-corrected chi connectivity index (χ0v) is 14.6. The molecule has 26 heavy (non-hydrogen) atoms. The fraction of sp³-hybridized carbons (Fsp3) is 0.167. The third-order valence-electron chi connectivity index (χ3n) is 3.60. The van der Waals surface area contributed by atoms with Crippen LogP contribution in [-0.2, 0) is 17.9 Å². The molecular formula is C18H16N2O5S. The number of benzene rings is 1. The first-order chi connectivity index (χ1) is 12.6. The lowest BCUT2D eigenvalue weighted by Crippen LogP contribution is -2.33. The van der Waals surface area contributed by atoms with E-state index in [1.54, 1.807) is 40.7 Å². The predicted molar refractivity (Wildman–Crippen MR) is 95.9 cm³/mol. The Labute approximate surface area is 153 Å². The van der Waals surface area contributed by atoms with E-state index in [4.69, 9.17) is 9.15 Å². The first-order valence-corrected chi connectivity index (χ1v) is 8.69. The maximum absolute atomic E-state index is 12.6. The van der Waals surface area contributed by atoms with Gasteiger partial charge in [0.25, 0.3) is 11.6 Å². The zero-order chi connectivity index (χ0) is 18.4. The number of non-ortho nitro benzene ring substituents is 1. The standard InChI is InChI=1S/C18H16N2O5S/c21-18(13-25-15-5-1-4-14(10-15)20(22)23)19(11-16-6-2-8-24-16)12-17-7-3-9-26-17/h1-10H,11-13H2. The lowest BCUT2D eigenvalue weighted by molar-refractivity contribution is -0.384. The molecular weight excluding hydrogens is 356 g/mol. The quantitative estimate of drug-likeness (QED) is 0.443. The third-order valence-corrected chi connectivity index (χ3v) is 4.46. The van der Waals surface area contributed by atoms with Crippen LogP contribution in [0, 0.1) is 10.1 Å². The molecule has 0 aliphatic rings. The Hall–Kier alpha value is -3.13. The summed E-state index contributed by atoms with van der Waals surface area (Å²) < 4.78 is 10.8. The van der Waals surface area contributed by atoms with E-state index in [0.717, 1.165) is 4.88 Å². The van der Waals surface area contributed by atoms with E-state index in [0.29, 0.717) is 18.8 Å². The van der Waals surface area contributed by atoms with E-state index in [1.807, 2.05) is 17.5 Å². The normalized spacial score (nSPS) is 10.5. The van der Waals surface area contributed by atoms with Gasteiger partial charge in [-0.3, -0.25) is 14.9 Å². The largest absolute Gasteiger partial charge is 0.484 e. The average molecular weight is 372 g/mol. The lowest BCUT2D eigenvalue weighted by atomic mass is 10.3. The van der Waals surface area contributed by atoms with Gasteiger partial charge in [0.1, 0.15) is 11.5 Å². The van der Waals surface area contributed by atoms with Crippen molar-refractivity contribution in [2.75, 3.05) is 6.61 Å². The zero-order valence-electron chi connectivity index (χ0n) is 13.7. The van der Waals surface area contributed by atoms with Crippen LogP contribution in [0.4, 0.5) is 5.69 Å². The number of rotatable bonds is 8. The molecule has 0 saturated heterocycles. The van der Waals surface area contributed by atoms with E-state index in [2.05, 4.69) is 0 Å². The SMILES string of the molecule is O=C(COc1cccc([N+](=O)[O-])c1)N(Cc1ccco1)Cc1cccs1. The second-order valence-corrected chi connectivity index (χ2v) is 6.48. The topological polar surface area (TPSA) is 85.8 Å². The highest BCUT2D eigenvalue weighted by Gasteiger charge is 2.17. The van der Waals surface area contributed by atoms with Crippen LogP contribution in [0.15, 0.2) is 64.6 Å². The van der Waals surface area contributed by atoms with Crippen molar-refractivity contribution in [2.45, 2.75) is 13.1 Å². The van der Waals surface area contributed by atoms with Gasteiger partial charge in [0.05, 0.1) is 30.3 Å². The number of furan rings is 1. The third kappa shape index (κ3) is 4.70. The summed E-state index contributed by atoms with van der Waals surface area (Å²) in [7, 11) is 0. The number of thiophene rings is 1. The van der Waals surface area contributed by atoms with Gasteiger partial charge >= 0.3 is 0 Å². The molecule has 2 aromatic heterocycles. The fourth-order valence-corrected chi connectivity index (χ4v) is 3.06. The molecule has 2 heterocycles. The summed E-state index contributed by atoms with van der Waals surface area (Å²) in [5.74, 6) is 0.716. The van der Waals surface area contributed by atoms with E-state index in [-0.39, 0.29) is 24.0 Å². The van der Waals surface area contributed by atoms with Crippen molar-refractivity contribution in [1.82, 2.24) is 4.90 Å². The average Bonchev–Trinajstić information content (AvgIpc) is 3.33. The highest BCUT2D eigenvalue weighted by atomic mass is 32.1. The number of nitro groups is 1. The summed E-state index contributed by atoms with van der Waals surface area (Å²) in [5.41, 5.74) is -0.0824. The van der Waals surface area contributed by atoms with Crippen molar-refractivity contribution in [3.8, 4) is 5.75 Å². The minimum Gasteiger partial charge on any atom is -0.484 e. The number of hydrogen-bond donors (Lipinski definition) is 0. The van der Waals surface area contributed by atoms with Crippen molar-refractivity contribution in [2.24, 2.45) is 0 Å². The maximum Gasteiger partial charge on any atom is 0.273 e. The molecule has 1 amide bonds. The Morgan fingerprint density at radius 2 is 2.08 bits per heavy atom. The highest BCUT2D eigenvalue weighted by molar-refractivity contribution is 7.09. The first kappa shape index (κ1) is 17.7. The van der Waals surface area contributed by atoms with Crippen LogP contribution in [0.25, 0.3) is 0 Å². The molecule has 0 saturated carbocycles. The van der Waals surface area contributed by atoms with Gasteiger partial charge in [-0.25, -0.2) is 0 Å². The van der Waals surface area contributed by atoms with E-state index in [1.165, 1.54) is 18.2 Å². The molecule has 0 bridgehead atoms. The second kappa shape index (κ2) is 8.30. The summed E-state index contributed by atoms with van der Waals surface area (Å²) in [6, 6.07) is 13.2. The Balaban J connectivity index is 1.66. The summed E-state index contributed by atoms with van der Waals surface area (Å²) in [5, 5.41) is 12.8. The minimum atomic E-state index is -0.505. The number of nitro benzene ring substituents is 1. The van der Waals surface area contributed by atoms with Gasteiger partial charge in [-0.1, -0.05) is 12.1 Å². The lowest BCUT2D eigenvalue weighted by Gasteiger charge is -2.21. The van der Waals surface area contributed by atoms with Crippen molar-refractivity contribution < 1.29 is 18.9 Å². The molecule has 0 fully saturated rings. The molecule has 3 rings (SSSR count). The Bertz CT molecular complexity index is 825. The van der Waals surface area contributed by atoms with Crippen LogP contribution in [0.5, 0.6) is 5.75 Å². The van der Waals surface area contributed by atoms with Gasteiger partial charge in [0.2, 0.25) is 0 Å². The molecule has 134 valence electrons. The summed E-state index contributed by atoms with van der Waals surface area (Å²) in [4.78, 5) is 25.6. The highest BCUT2D eigenvalue weighted by Crippen LogP contribution is 2.20. The first-order valence-electron chi connectivity index (χ1n) is 7.81. The number of carbonyl (C=O) groups is 1. The van der Waals surface area contributed by atoms with Crippen LogP contribution >= 0.6 is 11.3 Å². The molecule has 0 spiro atoms. The molecule has 1 aromatic carbocycles. The number of ether oxygens (including phenoxy) is 1. The van der Waals surface area contributed by atoms with Crippen LogP contribution < -0.4 is 4.74 Å². The van der Waals surface area contributed by atoms with Crippen molar-refractivity contribution in [3.05, 3.63) is 80.9 Å². The number of carbonyl (C=O) groups excluding carboxylic acids is 1. The van der Waals surface area contributed by atoms with Gasteiger partial charge < -0.3 is 14.1 Å². The molecule has 0 aliphatic heterocycles. The van der Waals surface area contributed by atoms with Crippen molar-refractivity contribution in [3.63, 3.8) is 0 Å². The van der Waals surface area contributed by atoms with Gasteiger partial charge in [0.15, 0.2) is 6.61 Å². The molecule has 8 heteroatoms. The van der Waals surface area contributed by atoms with Crippen LogP contribution in [0.3, 0.4) is 0 Å². The molecule has 7 nitrogen and oxygen atoms in total. The summed E-state index contributed by atoms with van der Waals surface area (Å²) in [6.07, 6.45) is 1.56. The van der Waals surface area contributed by atoms with E-state index < -0.39 is 4.92 Å². The fourth-order valence-electron chi connectivity index (χ4n) is 2.34. The smallest absolute Gasteiger partial charge is 0.273 e. The van der Waals surface area contributed by atoms with Crippen molar-refractivity contribution in [1.29, 1.82) is 0 Å². The molecule has 0 atom stereocenters. The number of amides is 1.